The van der Waals surface area contributed by atoms with Crippen LogP contribution in [0.15, 0.2) is 48.5 Å². The van der Waals surface area contributed by atoms with Gasteiger partial charge in [-0.2, -0.15) is 0 Å². The maximum Gasteiger partial charge on any atom is 0.256 e. The Hall–Kier alpha value is -3.72. The van der Waals surface area contributed by atoms with E-state index in [1.165, 1.54) is 11.9 Å². The smallest absolute Gasteiger partial charge is 0.256 e. The summed E-state index contributed by atoms with van der Waals surface area (Å²) in [6, 6.07) is 13.7. The number of hydrogen-bond acceptors (Lipinski definition) is 6. The lowest BCUT2D eigenvalue weighted by Crippen LogP contribution is -2.47. The highest BCUT2D eigenvalue weighted by Gasteiger charge is 2.28. The van der Waals surface area contributed by atoms with Gasteiger partial charge in [0.05, 0.1) is 5.56 Å². The Morgan fingerprint density at radius 3 is 2.31 bits per heavy atom. The average molecular weight is 482 g/mol. The van der Waals surface area contributed by atoms with Crippen LogP contribution in [0.3, 0.4) is 0 Å². The molecule has 0 spiro atoms. The number of nitrogens with one attached hydrogen (secondary N) is 4. The van der Waals surface area contributed by atoms with Crippen LogP contribution < -0.4 is 21.3 Å². The lowest BCUT2D eigenvalue weighted by molar-refractivity contribution is -0.125. The third-order valence-corrected chi connectivity index (χ3v) is 5.80. The van der Waals surface area contributed by atoms with E-state index in [2.05, 4.69) is 21.3 Å². The van der Waals surface area contributed by atoms with Gasteiger partial charge in [-0.15, -0.1) is 0 Å². The summed E-state index contributed by atoms with van der Waals surface area (Å²) in [5, 5.41) is 11.7. The monoisotopic (exact) mass is 481 g/mol. The molecule has 0 aliphatic rings. The fraction of sp³-hybridized carbons (Fsp3) is 0.385. The molecule has 0 saturated carbocycles. The second-order valence-electron chi connectivity index (χ2n) is 8.14. The molecule has 0 aliphatic heterocycles. The molecule has 188 valence electrons. The van der Waals surface area contributed by atoms with E-state index >= 15 is 0 Å². The van der Waals surface area contributed by atoms with Crippen molar-refractivity contribution in [3.05, 3.63) is 65.2 Å². The Kier molecular flexibility index (Phi) is 10.9. The van der Waals surface area contributed by atoms with Crippen LogP contribution in [0.25, 0.3) is 0 Å². The van der Waals surface area contributed by atoms with Gasteiger partial charge in [0.2, 0.25) is 11.8 Å². The molecular formula is C26H35N5O4. The van der Waals surface area contributed by atoms with Gasteiger partial charge in [0.1, 0.15) is 18.4 Å². The van der Waals surface area contributed by atoms with E-state index in [-0.39, 0.29) is 30.6 Å². The molecule has 2 aromatic carbocycles. The summed E-state index contributed by atoms with van der Waals surface area (Å²) in [7, 11) is 4.79. The topological polar surface area (TPSA) is 120 Å². The minimum atomic E-state index is -0.763. The van der Waals surface area contributed by atoms with Crippen molar-refractivity contribution < 1.29 is 19.2 Å². The van der Waals surface area contributed by atoms with E-state index in [1.54, 1.807) is 20.2 Å². The molecule has 2 unspecified atom stereocenters. The summed E-state index contributed by atoms with van der Waals surface area (Å²) in [6.07, 6.45) is 1.14. The molecule has 4 N–H and O–H groups in total. The summed E-state index contributed by atoms with van der Waals surface area (Å²) >= 11 is 0. The van der Waals surface area contributed by atoms with E-state index in [1.807, 2.05) is 49.4 Å². The van der Waals surface area contributed by atoms with Gasteiger partial charge in [0, 0.05) is 39.3 Å². The number of rotatable bonds is 13. The van der Waals surface area contributed by atoms with E-state index in [0.29, 0.717) is 24.3 Å². The van der Waals surface area contributed by atoms with Gasteiger partial charge >= 0.3 is 0 Å². The van der Waals surface area contributed by atoms with E-state index < -0.39 is 12.1 Å². The molecule has 0 heterocycles. The summed E-state index contributed by atoms with van der Waals surface area (Å²) in [4.78, 5) is 50.6. The van der Waals surface area contributed by atoms with Crippen molar-refractivity contribution in [1.82, 2.24) is 20.9 Å². The van der Waals surface area contributed by atoms with Gasteiger partial charge in [0.15, 0.2) is 0 Å². The first-order valence-corrected chi connectivity index (χ1v) is 11.6. The first kappa shape index (κ1) is 27.5. The summed E-state index contributed by atoms with van der Waals surface area (Å²) in [5.74, 6) is -0.802. The number of benzene rings is 2. The van der Waals surface area contributed by atoms with Crippen LogP contribution in [-0.2, 0) is 14.4 Å². The average Bonchev–Trinajstić information content (AvgIpc) is 2.87. The van der Waals surface area contributed by atoms with Crippen LogP contribution in [-0.4, -0.2) is 69.2 Å². The molecule has 2 rings (SSSR count). The summed E-state index contributed by atoms with van der Waals surface area (Å²) in [6.45, 7) is 2.57. The third kappa shape index (κ3) is 7.38. The first-order chi connectivity index (χ1) is 16.8. The second-order valence-corrected chi connectivity index (χ2v) is 8.14. The third-order valence-electron chi connectivity index (χ3n) is 5.80. The predicted molar refractivity (Wildman–Crippen MR) is 136 cm³/mol. The molecule has 9 heteroatoms. The van der Waals surface area contributed by atoms with E-state index in [4.69, 9.17) is 0 Å². The van der Waals surface area contributed by atoms with Crippen molar-refractivity contribution in [2.75, 3.05) is 39.5 Å². The van der Waals surface area contributed by atoms with Crippen LogP contribution in [0.4, 0.5) is 5.69 Å². The molecule has 35 heavy (non-hydrogen) atoms. The Bertz CT molecular complexity index is 1010. The van der Waals surface area contributed by atoms with Crippen molar-refractivity contribution >= 4 is 29.7 Å². The van der Waals surface area contributed by atoms with E-state index in [9.17, 15) is 19.2 Å². The number of likely N-dealkylation sites (N-methyl/N-ethyl adjacent to an activating group) is 3. The van der Waals surface area contributed by atoms with Gasteiger partial charge in [-0.25, -0.2) is 0 Å². The van der Waals surface area contributed by atoms with Crippen LogP contribution in [0.2, 0.25) is 0 Å². The highest BCUT2D eigenvalue weighted by molar-refractivity contribution is 6.03. The number of aldehydes is 1. The second kappa shape index (κ2) is 13.9. The van der Waals surface area contributed by atoms with Crippen LogP contribution in [0.1, 0.15) is 40.4 Å². The molecular weight excluding hydrogens is 446 g/mol. The molecule has 9 nitrogen and oxygen atoms in total. The molecule has 0 fully saturated rings. The summed E-state index contributed by atoms with van der Waals surface area (Å²) in [5.41, 5.74) is 2.67. The Balaban J connectivity index is 2.07. The fourth-order valence-corrected chi connectivity index (χ4v) is 3.89. The van der Waals surface area contributed by atoms with Crippen molar-refractivity contribution in [3.63, 3.8) is 0 Å². The molecule has 0 saturated heterocycles. The normalized spacial score (nSPS) is 12.2. The molecule has 0 radical (unpaired) electrons. The van der Waals surface area contributed by atoms with Crippen molar-refractivity contribution in [1.29, 1.82) is 0 Å². The highest BCUT2D eigenvalue weighted by atomic mass is 16.2. The van der Waals surface area contributed by atoms with Crippen LogP contribution in [0, 0.1) is 6.92 Å². The lowest BCUT2D eigenvalue weighted by Gasteiger charge is -2.28. The van der Waals surface area contributed by atoms with Crippen LogP contribution >= 0.6 is 0 Å². The number of nitrogens with zero attached hydrogens (tertiary/aromatic N) is 1. The van der Waals surface area contributed by atoms with Crippen molar-refractivity contribution in [2.45, 2.75) is 31.8 Å². The number of carbonyl (C=O) groups is 4. The minimum absolute atomic E-state index is 0.149. The Labute approximate surface area is 206 Å². The van der Waals surface area contributed by atoms with Gasteiger partial charge in [-0.1, -0.05) is 42.5 Å². The molecule has 0 aliphatic carbocycles. The summed E-state index contributed by atoms with van der Waals surface area (Å²) < 4.78 is 0. The molecule has 0 bridgehead atoms. The van der Waals surface area contributed by atoms with E-state index in [0.717, 1.165) is 17.4 Å². The van der Waals surface area contributed by atoms with Crippen molar-refractivity contribution in [3.8, 4) is 0 Å². The van der Waals surface area contributed by atoms with Crippen molar-refractivity contribution in [2.24, 2.45) is 0 Å². The lowest BCUT2D eigenvalue weighted by atomic mass is 10.0. The SMILES string of the molecule is CNC(=O)C(CCC=O)N(C)C(=O)c1c(C)cccc1NCCNC(=O)C(NC)c1ccccc1. The van der Waals surface area contributed by atoms with Crippen LogP contribution in [0.5, 0.6) is 0 Å². The Morgan fingerprint density at radius 2 is 1.69 bits per heavy atom. The number of aryl methyl sites for hydroxylation is 1. The number of hydrogen-bond donors (Lipinski definition) is 4. The zero-order chi connectivity index (χ0) is 25.8. The van der Waals surface area contributed by atoms with Gasteiger partial charge in [-0.05, 0) is 37.6 Å². The Morgan fingerprint density at radius 1 is 0.971 bits per heavy atom. The largest absolute Gasteiger partial charge is 0.383 e. The quantitative estimate of drug-likeness (QED) is 0.255. The molecule has 0 aromatic heterocycles. The van der Waals surface area contributed by atoms with Gasteiger partial charge < -0.3 is 31.0 Å². The zero-order valence-electron chi connectivity index (χ0n) is 20.8. The standard InChI is InChI=1S/C26H35N5O4/c1-18-10-8-13-20(22(18)26(35)31(4)21(14-9-17-32)24(33)28-3)29-15-16-30-25(34)23(27-2)19-11-6-5-7-12-19/h5-8,10-13,17,21,23,27,29H,9,14-16H2,1-4H3,(H,28,33)(H,30,34). The fourth-order valence-electron chi connectivity index (χ4n) is 3.89. The zero-order valence-corrected chi connectivity index (χ0v) is 20.8. The van der Waals surface area contributed by atoms with Gasteiger partial charge in [-0.3, -0.25) is 14.4 Å². The maximum atomic E-state index is 13.4. The first-order valence-electron chi connectivity index (χ1n) is 11.6. The molecule has 2 aromatic rings. The molecule has 3 amide bonds. The highest BCUT2D eigenvalue weighted by Crippen LogP contribution is 2.23. The van der Waals surface area contributed by atoms with Gasteiger partial charge in [0.25, 0.3) is 5.91 Å². The number of anilines is 1. The predicted octanol–water partition coefficient (Wildman–Crippen LogP) is 1.65. The number of amides is 3. The molecule has 2 atom stereocenters. The minimum Gasteiger partial charge on any atom is -0.383 e. The number of carbonyl (C=O) groups excluding carboxylic acids is 4. The maximum absolute atomic E-state index is 13.4.